The molecule has 3 atom stereocenters. The van der Waals surface area contributed by atoms with E-state index >= 15 is 0 Å². The number of benzene rings is 1. The van der Waals surface area contributed by atoms with Gasteiger partial charge in [0.05, 0.1) is 18.6 Å². The molecule has 1 saturated heterocycles. The Hall–Kier alpha value is -2.22. The molecular weight excluding hydrogens is 434 g/mol. The van der Waals surface area contributed by atoms with Gasteiger partial charge in [-0.2, -0.15) is 0 Å². The van der Waals surface area contributed by atoms with E-state index in [9.17, 15) is 9.59 Å². The molecule has 6 nitrogen and oxygen atoms in total. The van der Waals surface area contributed by atoms with Crippen LogP contribution in [0.15, 0.2) is 41.8 Å². The molecule has 0 radical (unpaired) electrons. The lowest BCUT2D eigenvalue weighted by Gasteiger charge is -2.41. The molecule has 4 rings (SSSR count). The molecule has 3 heterocycles. The molecule has 2 amide bonds. The summed E-state index contributed by atoms with van der Waals surface area (Å²) in [4.78, 5) is 32.4. The number of nitrogens with one attached hydrogen (secondary N) is 1. The molecule has 2 aliphatic rings. The fraction of sp³-hybridized carbons (Fsp3) is 0.538. The van der Waals surface area contributed by atoms with Crippen LogP contribution in [0.1, 0.15) is 65.4 Å². The van der Waals surface area contributed by atoms with Gasteiger partial charge in [0, 0.05) is 43.2 Å². The number of hydrogen-bond acceptors (Lipinski definition) is 5. The summed E-state index contributed by atoms with van der Waals surface area (Å²) in [6.07, 6.45) is 4.78. The molecular formula is C26H35N3O3S. The molecule has 2 aromatic rings. The number of hydrogen-bond donors (Lipinski definition) is 1. The van der Waals surface area contributed by atoms with Crippen LogP contribution in [0.3, 0.4) is 0 Å². The standard InChI is InChI=1S/C26H35N3O3S/c1-19-9-5-6-14-28(19)15-8-13-27-25(30)23-20-10-3-4-11-21(20)26(31)29(16-17-32-2)24(23)22-12-7-18-33-22/h3-4,7,10-12,18-19,23-24H,5-6,8-9,13-17H2,1-2H3,(H,27,30)/t19-,23+,24-/m1/s1. The van der Waals surface area contributed by atoms with Crippen molar-refractivity contribution in [3.8, 4) is 0 Å². The van der Waals surface area contributed by atoms with Crippen LogP contribution in [0.4, 0.5) is 0 Å². The minimum absolute atomic E-state index is 0.0116. The van der Waals surface area contributed by atoms with Crippen molar-refractivity contribution in [1.29, 1.82) is 0 Å². The number of nitrogens with zero attached hydrogens (tertiary/aromatic N) is 2. The van der Waals surface area contributed by atoms with Gasteiger partial charge in [-0.05, 0) is 55.8 Å². The van der Waals surface area contributed by atoms with E-state index in [4.69, 9.17) is 4.74 Å². The second kappa shape index (κ2) is 11.3. The number of carbonyl (C=O) groups is 2. The number of carbonyl (C=O) groups excluding carboxylic acids is 2. The Balaban J connectivity index is 1.53. The zero-order chi connectivity index (χ0) is 23.2. The van der Waals surface area contributed by atoms with Crippen LogP contribution in [0.2, 0.25) is 0 Å². The van der Waals surface area contributed by atoms with E-state index in [0.717, 1.165) is 30.0 Å². The highest BCUT2D eigenvalue weighted by atomic mass is 32.1. The fourth-order valence-electron chi connectivity index (χ4n) is 5.18. The van der Waals surface area contributed by atoms with Crippen LogP contribution < -0.4 is 5.32 Å². The van der Waals surface area contributed by atoms with Crippen LogP contribution >= 0.6 is 11.3 Å². The summed E-state index contributed by atoms with van der Waals surface area (Å²) in [7, 11) is 1.63. The first-order valence-corrected chi connectivity index (χ1v) is 12.9. The van der Waals surface area contributed by atoms with Gasteiger partial charge in [-0.3, -0.25) is 9.59 Å². The van der Waals surface area contributed by atoms with Crippen molar-refractivity contribution in [2.45, 2.75) is 50.6 Å². The van der Waals surface area contributed by atoms with Gasteiger partial charge in [-0.1, -0.05) is 30.7 Å². The molecule has 1 fully saturated rings. The number of amides is 2. The first kappa shape index (κ1) is 23.9. The van der Waals surface area contributed by atoms with Gasteiger partial charge in [0.1, 0.15) is 0 Å². The topological polar surface area (TPSA) is 61.9 Å². The number of thiophene rings is 1. The normalized spacial score (nSPS) is 23.4. The highest BCUT2D eigenvalue weighted by Crippen LogP contribution is 2.44. The number of rotatable bonds is 9. The summed E-state index contributed by atoms with van der Waals surface area (Å²) in [5.74, 6) is -0.491. The highest BCUT2D eigenvalue weighted by molar-refractivity contribution is 7.10. The van der Waals surface area contributed by atoms with E-state index in [1.165, 1.54) is 19.3 Å². The monoisotopic (exact) mass is 469 g/mol. The third kappa shape index (κ3) is 5.31. The Morgan fingerprint density at radius 3 is 2.79 bits per heavy atom. The largest absolute Gasteiger partial charge is 0.383 e. The Morgan fingerprint density at radius 2 is 2.03 bits per heavy atom. The molecule has 1 aromatic heterocycles. The van der Waals surface area contributed by atoms with E-state index < -0.39 is 5.92 Å². The maximum atomic E-state index is 13.6. The minimum Gasteiger partial charge on any atom is -0.383 e. The van der Waals surface area contributed by atoms with Crippen molar-refractivity contribution in [3.05, 3.63) is 57.8 Å². The van der Waals surface area contributed by atoms with Crippen molar-refractivity contribution >= 4 is 23.2 Å². The Bertz CT molecular complexity index is 933. The van der Waals surface area contributed by atoms with Gasteiger partial charge in [0.2, 0.25) is 5.91 Å². The van der Waals surface area contributed by atoms with E-state index in [0.29, 0.717) is 31.3 Å². The molecule has 33 heavy (non-hydrogen) atoms. The summed E-state index contributed by atoms with van der Waals surface area (Å²) < 4.78 is 5.29. The van der Waals surface area contributed by atoms with Crippen molar-refractivity contribution in [2.24, 2.45) is 0 Å². The van der Waals surface area contributed by atoms with Crippen LogP contribution in [-0.4, -0.2) is 67.6 Å². The van der Waals surface area contributed by atoms with Gasteiger partial charge < -0.3 is 19.9 Å². The molecule has 2 aliphatic heterocycles. The highest BCUT2D eigenvalue weighted by Gasteiger charge is 2.44. The minimum atomic E-state index is -0.441. The molecule has 178 valence electrons. The van der Waals surface area contributed by atoms with Gasteiger partial charge in [-0.15, -0.1) is 11.3 Å². The second-order valence-electron chi connectivity index (χ2n) is 9.04. The average molecular weight is 470 g/mol. The number of piperidine rings is 1. The van der Waals surface area contributed by atoms with E-state index in [2.05, 4.69) is 17.1 Å². The van der Waals surface area contributed by atoms with Crippen molar-refractivity contribution in [3.63, 3.8) is 0 Å². The molecule has 0 unspecified atom stereocenters. The lowest BCUT2D eigenvalue weighted by molar-refractivity contribution is -0.124. The summed E-state index contributed by atoms with van der Waals surface area (Å²) >= 11 is 1.59. The second-order valence-corrected chi connectivity index (χ2v) is 10.0. The number of fused-ring (bicyclic) bond motifs is 1. The molecule has 0 aliphatic carbocycles. The summed E-state index contributed by atoms with van der Waals surface area (Å²) in [6.45, 7) is 5.98. The third-order valence-corrected chi connectivity index (χ3v) is 7.90. The number of likely N-dealkylation sites (tertiary alicyclic amines) is 1. The number of ether oxygens (including phenoxy) is 1. The van der Waals surface area contributed by atoms with Gasteiger partial charge in [-0.25, -0.2) is 0 Å². The predicted octanol–water partition coefficient (Wildman–Crippen LogP) is 4.06. The zero-order valence-corrected chi connectivity index (χ0v) is 20.5. The summed E-state index contributed by atoms with van der Waals surface area (Å²) in [5, 5.41) is 5.20. The van der Waals surface area contributed by atoms with Crippen LogP contribution in [0.5, 0.6) is 0 Å². The smallest absolute Gasteiger partial charge is 0.254 e. The SMILES string of the molecule is COCCN1C(=O)c2ccccc2[C@H](C(=O)NCCCN2CCCC[C@H]2C)[C@H]1c1cccs1. The van der Waals surface area contributed by atoms with Crippen molar-refractivity contribution in [1.82, 2.24) is 15.1 Å². The van der Waals surface area contributed by atoms with Gasteiger partial charge in [0.15, 0.2) is 0 Å². The summed E-state index contributed by atoms with van der Waals surface area (Å²) in [6, 6.07) is 11.9. The molecule has 0 bridgehead atoms. The molecule has 0 spiro atoms. The van der Waals surface area contributed by atoms with Crippen LogP contribution in [-0.2, 0) is 9.53 Å². The fourth-order valence-corrected chi connectivity index (χ4v) is 6.05. The zero-order valence-electron chi connectivity index (χ0n) is 19.7. The predicted molar refractivity (Wildman–Crippen MR) is 132 cm³/mol. The first-order valence-electron chi connectivity index (χ1n) is 12.1. The molecule has 0 saturated carbocycles. The van der Waals surface area contributed by atoms with Gasteiger partial charge >= 0.3 is 0 Å². The van der Waals surface area contributed by atoms with E-state index in [1.807, 2.05) is 46.7 Å². The number of methoxy groups -OCH3 is 1. The maximum absolute atomic E-state index is 13.6. The Labute approximate surface area is 200 Å². The Kier molecular flexibility index (Phi) is 8.17. The van der Waals surface area contributed by atoms with Crippen molar-refractivity contribution in [2.75, 3.05) is 39.9 Å². The Morgan fingerprint density at radius 1 is 1.18 bits per heavy atom. The molecule has 1 aromatic carbocycles. The van der Waals surface area contributed by atoms with E-state index in [-0.39, 0.29) is 17.9 Å². The quantitative estimate of drug-likeness (QED) is 0.563. The lowest BCUT2D eigenvalue weighted by Crippen LogP contribution is -2.48. The molecule has 7 heteroatoms. The average Bonchev–Trinajstić information content (AvgIpc) is 3.36. The van der Waals surface area contributed by atoms with Gasteiger partial charge in [0.25, 0.3) is 5.91 Å². The lowest BCUT2D eigenvalue weighted by atomic mass is 9.81. The van der Waals surface area contributed by atoms with Crippen molar-refractivity contribution < 1.29 is 14.3 Å². The third-order valence-electron chi connectivity index (χ3n) is 6.95. The van der Waals surface area contributed by atoms with Crippen LogP contribution in [0.25, 0.3) is 0 Å². The van der Waals surface area contributed by atoms with Crippen LogP contribution in [0, 0.1) is 0 Å². The summed E-state index contributed by atoms with van der Waals surface area (Å²) in [5.41, 5.74) is 1.43. The van der Waals surface area contributed by atoms with E-state index in [1.54, 1.807) is 18.4 Å². The first-order chi connectivity index (χ1) is 16.1. The molecule has 1 N–H and O–H groups in total. The maximum Gasteiger partial charge on any atom is 0.254 e.